The van der Waals surface area contributed by atoms with Gasteiger partial charge in [-0.05, 0) is 43.9 Å². The minimum Gasteiger partial charge on any atom is -0.260 e. The van der Waals surface area contributed by atoms with Crippen molar-refractivity contribution >= 4 is 28.7 Å². The Balaban J connectivity index is 2.54. The topological polar surface area (TPSA) is 12.9 Å². The van der Waals surface area contributed by atoms with Crippen LogP contribution in [0.4, 0.5) is 0 Å². The van der Waals surface area contributed by atoms with Crippen LogP contribution in [-0.2, 0) is 6.42 Å². The smallest absolute Gasteiger partial charge is 0.0524 e. The van der Waals surface area contributed by atoms with E-state index in [-0.39, 0.29) is 0 Å². The van der Waals surface area contributed by atoms with Crippen molar-refractivity contribution < 1.29 is 0 Å². The lowest BCUT2D eigenvalue weighted by atomic mass is 10.2. The number of hydrogen-bond acceptors (Lipinski definition) is 1. The Morgan fingerprint density at radius 3 is 3.20 bits per heavy atom. The van der Waals surface area contributed by atoms with Crippen molar-refractivity contribution in [3.05, 3.63) is 33.2 Å². The molecule has 0 aromatic carbocycles. The van der Waals surface area contributed by atoms with Gasteiger partial charge in [0.1, 0.15) is 0 Å². The normalized spacial score (nSPS) is 14.7. The predicted octanol–water partition coefficient (Wildman–Crippen LogP) is 2.41. The van der Waals surface area contributed by atoms with Crippen LogP contribution in [0.2, 0.25) is 0 Å². The van der Waals surface area contributed by atoms with Gasteiger partial charge in [-0.25, -0.2) is 0 Å². The molecule has 0 spiro atoms. The van der Waals surface area contributed by atoms with Gasteiger partial charge < -0.3 is 0 Å². The van der Waals surface area contributed by atoms with E-state index in [9.17, 15) is 0 Å². The van der Waals surface area contributed by atoms with Crippen LogP contribution in [0.1, 0.15) is 11.3 Å². The first-order chi connectivity index (χ1) is 4.86. The quantitative estimate of drug-likeness (QED) is 0.637. The minimum atomic E-state index is 1.02. The number of pyridine rings is 1. The summed E-state index contributed by atoms with van der Waals surface area (Å²) in [5.74, 6) is 0. The van der Waals surface area contributed by atoms with E-state index in [1.807, 2.05) is 12.3 Å². The maximum absolute atomic E-state index is 4.25. The van der Waals surface area contributed by atoms with Crippen molar-refractivity contribution in [3.8, 4) is 0 Å². The maximum atomic E-state index is 4.25. The zero-order valence-electron chi connectivity index (χ0n) is 5.34. The van der Waals surface area contributed by atoms with Gasteiger partial charge in [0.05, 0.1) is 5.69 Å². The molecule has 0 amide bonds. The van der Waals surface area contributed by atoms with Crippen LogP contribution in [0.15, 0.2) is 21.9 Å². The first-order valence-electron chi connectivity index (χ1n) is 3.16. The average Bonchev–Trinajstić information content (AvgIpc) is 2.27. The Morgan fingerprint density at radius 2 is 2.40 bits per heavy atom. The van der Waals surface area contributed by atoms with Crippen LogP contribution in [-0.4, -0.2) is 4.98 Å². The second-order valence-electron chi connectivity index (χ2n) is 2.31. The molecule has 1 aromatic rings. The van der Waals surface area contributed by atoms with Gasteiger partial charge in [0.15, 0.2) is 0 Å². The van der Waals surface area contributed by atoms with E-state index in [1.54, 1.807) is 0 Å². The van der Waals surface area contributed by atoms with E-state index in [4.69, 9.17) is 0 Å². The highest BCUT2D eigenvalue weighted by atomic mass is 127. The summed E-state index contributed by atoms with van der Waals surface area (Å²) in [7, 11) is 0. The molecule has 1 aliphatic carbocycles. The molecule has 0 saturated carbocycles. The molecule has 1 aromatic heterocycles. The first kappa shape index (κ1) is 6.34. The number of allylic oxidation sites excluding steroid dienone is 1. The van der Waals surface area contributed by atoms with Gasteiger partial charge in [-0.3, -0.25) is 4.98 Å². The van der Waals surface area contributed by atoms with Crippen molar-refractivity contribution in [2.45, 2.75) is 6.42 Å². The van der Waals surface area contributed by atoms with E-state index in [0.717, 1.165) is 6.42 Å². The Kier molecular flexibility index (Phi) is 1.48. The van der Waals surface area contributed by atoms with E-state index in [0.29, 0.717) is 0 Å². The highest BCUT2D eigenvalue weighted by molar-refractivity contribution is 14.1. The summed E-state index contributed by atoms with van der Waals surface area (Å²) in [6.45, 7) is 0. The Hall–Kier alpha value is -0.380. The van der Waals surface area contributed by atoms with Gasteiger partial charge in [-0.15, -0.1) is 0 Å². The number of rotatable bonds is 0. The summed E-state index contributed by atoms with van der Waals surface area (Å²) in [6.07, 6.45) is 5.06. The summed E-state index contributed by atoms with van der Waals surface area (Å²) in [4.78, 5) is 4.25. The highest BCUT2D eigenvalue weighted by Crippen LogP contribution is 2.26. The zero-order valence-corrected chi connectivity index (χ0v) is 7.50. The van der Waals surface area contributed by atoms with Crippen LogP contribution >= 0.6 is 22.6 Å². The summed E-state index contributed by atoms with van der Waals surface area (Å²) in [6, 6.07) is 4.08. The molecule has 2 rings (SSSR count). The molecule has 0 atom stereocenters. The summed E-state index contributed by atoms with van der Waals surface area (Å²) in [5.41, 5.74) is 2.50. The fraction of sp³-hybridized carbons (Fsp3) is 0.125. The third-order valence-corrected chi connectivity index (χ3v) is 2.27. The molecule has 0 unspecified atom stereocenters. The number of fused-ring (bicyclic) bond motifs is 1. The van der Waals surface area contributed by atoms with Crippen LogP contribution in [0, 0.1) is 0 Å². The van der Waals surface area contributed by atoms with Gasteiger partial charge in [-0.2, -0.15) is 0 Å². The lowest BCUT2D eigenvalue weighted by Crippen LogP contribution is -1.84. The molecule has 0 bridgehead atoms. The second-order valence-corrected chi connectivity index (χ2v) is 3.69. The zero-order chi connectivity index (χ0) is 6.97. The fourth-order valence-electron chi connectivity index (χ4n) is 1.11. The van der Waals surface area contributed by atoms with E-state index >= 15 is 0 Å². The number of aromatic nitrogens is 1. The highest BCUT2D eigenvalue weighted by Gasteiger charge is 2.09. The molecule has 1 nitrogen and oxygen atoms in total. The SMILES string of the molecule is IC1=Cc2cccnc2C1. The molecule has 0 fully saturated rings. The molecular weight excluding hydrogens is 237 g/mol. The molecule has 10 heavy (non-hydrogen) atoms. The molecule has 0 saturated heterocycles. The fourth-order valence-corrected chi connectivity index (χ4v) is 1.81. The lowest BCUT2D eigenvalue weighted by Gasteiger charge is -1.92. The van der Waals surface area contributed by atoms with Crippen LogP contribution in [0.3, 0.4) is 0 Å². The molecule has 0 aliphatic heterocycles. The van der Waals surface area contributed by atoms with E-state index < -0.39 is 0 Å². The van der Waals surface area contributed by atoms with Crippen molar-refractivity contribution in [3.63, 3.8) is 0 Å². The van der Waals surface area contributed by atoms with Crippen molar-refractivity contribution in [2.75, 3.05) is 0 Å². The lowest BCUT2D eigenvalue weighted by molar-refractivity contribution is 1.13. The number of hydrogen-bond donors (Lipinski definition) is 0. The summed E-state index contributed by atoms with van der Waals surface area (Å²) >= 11 is 2.35. The molecular formula is C8H6IN. The van der Waals surface area contributed by atoms with E-state index in [1.165, 1.54) is 14.8 Å². The van der Waals surface area contributed by atoms with E-state index in [2.05, 4.69) is 39.7 Å². The first-order valence-corrected chi connectivity index (χ1v) is 4.24. The summed E-state index contributed by atoms with van der Waals surface area (Å²) in [5, 5.41) is 0. The van der Waals surface area contributed by atoms with Crippen molar-refractivity contribution in [2.24, 2.45) is 0 Å². The van der Waals surface area contributed by atoms with Gasteiger partial charge >= 0.3 is 0 Å². The van der Waals surface area contributed by atoms with Crippen LogP contribution in [0.5, 0.6) is 0 Å². The average molecular weight is 243 g/mol. The van der Waals surface area contributed by atoms with Crippen LogP contribution in [0.25, 0.3) is 6.08 Å². The molecule has 0 radical (unpaired) electrons. The number of nitrogens with zero attached hydrogens (tertiary/aromatic N) is 1. The second kappa shape index (κ2) is 2.34. The maximum Gasteiger partial charge on any atom is 0.0524 e. The largest absolute Gasteiger partial charge is 0.260 e. The van der Waals surface area contributed by atoms with Crippen molar-refractivity contribution in [1.82, 2.24) is 4.98 Å². The van der Waals surface area contributed by atoms with Crippen LogP contribution < -0.4 is 0 Å². The molecule has 2 heteroatoms. The Bertz CT molecular complexity index is 291. The Morgan fingerprint density at radius 1 is 1.50 bits per heavy atom. The number of halogens is 1. The van der Waals surface area contributed by atoms with Gasteiger partial charge in [-0.1, -0.05) is 6.07 Å². The monoisotopic (exact) mass is 243 g/mol. The Labute approximate surface area is 73.3 Å². The van der Waals surface area contributed by atoms with Gasteiger partial charge in [0, 0.05) is 12.6 Å². The summed E-state index contributed by atoms with van der Waals surface area (Å²) < 4.78 is 1.38. The minimum absolute atomic E-state index is 1.02. The molecule has 1 aliphatic rings. The third kappa shape index (κ3) is 0.963. The molecule has 50 valence electrons. The molecule has 0 N–H and O–H groups in total. The van der Waals surface area contributed by atoms with Gasteiger partial charge in [0.25, 0.3) is 0 Å². The molecule has 1 heterocycles. The third-order valence-electron chi connectivity index (χ3n) is 1.57. The standard InChI is InChI=1S/C8H6IN/c9-7-4-6-2-1-3-10-8(6)5-7/h1-4H,5H2. The van der Waals surface area contributed by atoms with Crippen molar-refractivity contribution in [1.29, 1.82) is 0 Å². The predicted molar refractivity (Wildman–Crippen MR) is 49.9 cm³/mol. The van der Waals surface area contributed by atoms with Gasteiger partial charge in [0.2, 0.25) is 0 Å².